The zero-order chi connectivity index (χ0) is 14.5. The molecule has 1 heterocycles. The first-order chi connectivity index (χ1) is 9.60. The Kier molecular flexibility index (Phi) is 6.78. The van der Waals surface area contributed by atoms with E-state index in [1.54, 1.807) is 12.1 Å². The number of hydrogen-bond acceptors (Lipinski definition) is 4. The molecule has 0 aromatic heterocycles. The lowest BCUT2D eigenvalue weighted by atomic mass is 9.92. The Labute approximate surface area is 131 Å². The highest BCUT2D eigenvalue weighted by molar-refractivity contribution is 5.85. The van der Waals surface area contributed by atoms with Crippen molar-refractivity contribution in [3.63, 3.8) is 0 Å². The number of benzene rings is 1. The molecular formula is C15H23ClN2O3. The number of amides is 1. The van der Waals surface area contributed by atoms with Crippen molar-refractivity contribution in [2.24, 2.45) is 11.7 Å². The highest BCUT2D eigenvalue weighted by Gasteiger charge is 2.28. The van der Waals surface area contributed by atoms with E-state index in [1.165, 1.54) is 12.1 Å². The molecule has 1 saturated heterocycles. The Balaban J connectivity index is 0.00000220. The Morgan fingerprint density at radius 2 is 2.10 bits per heavy atom. The van der Waals surface area contributed by atoms with E-state index < -0.39 is 0 Å². The molecule has 1 aromatic carbocycles. The van der Waals surface area contributed by atoms with Crippen molar-refractivity contribution in [3.8, 4) is 11.5 Å². The molecule has 1 fully saturated rings. The van der Waals surface area contributed by atoms with Crippen LogP contribution < -0.4 is 10.5 Å². The van der Waals surface area contributed by atoms with Gasteiger partial charge in [0.05, 0.1) is 0 Å². The minimum atomic E-state index is -0.0274. The molecule has 21 heavy (non-hydrogen) atoms. The summed E-state index contributed by atoms with van der Waals surface area (Å²) in [5.41, 5.74) is 5.76. The Morgan fingerprint density at radius 3 is 2.71 bits per heavy atom. The number of likely N-dealkylation sites (tertiary alicyclic amines) is 1. The van der Waals surface area contributed by atoms with Crippen LogP contribution in [0, 0.1) is 5.92 Å². The minimum absolute atomic E-state index is 0. The molecule has 6 heteroatoms. The van der Waals surface area contributed by atoms with Gasteiger partial charge in [-0.3, -0.25) is 4.79 Å². The average Bonchev–Trinajstić information content (AvgIpc) is 2.46. The molecule has 1 aliphatic heterocycles. The molecule has 3 N–H and O–H groups in total. The van der Waals surface area contributed by atoms with Crippen LogP contribution in [0.4, 0.5) is 0 Å². The van der Waals surface area contributed by atoms with Gasteiger partial charge in [0.15, 0.2) is 6.61 Å². The maximum Gasteiger partial charge on any atom is 0.260 e. The van der Waals surface area contributed by atoms with Crippen molar-refractivity contribution in [2.75, 3.05) is 19.7 Å². The number of hydrogen-bond donors (Lipinski definition) is 2. The minimum Gasteiger partial charge on any atom is -0.508 e. The van der Waals surface area contributed by atoms with Crippen LogP contribution in [0.15, 0.2) is 24.3 Å². The second-order valence-corrected chi connectivity index (χ2v) is 5.39. The number of piperidine rings is 1. The molecule has 118 valence electrons. The third kappa shape index (κ3) is 4.79. The van der Waals surface area contributed by atoms with Crippen LogP contribution in [0.25, 0.3) is 0 Å². The summed E-state index contributed by atoms with van der Waals surface area (Å²) < 4.78 is 5.45. The van der Waals surface area contributed by atoms with Gasteiger partial charge in [-0.25, -0.2) is 0 Å². The van der Waals surface area contributed by atoms with Gasteiger partial charge in [-0.15, -0.1) is 12.4 Å². The zero-order valence-corrected chi connectivity index (χ0v) is 13.0. The topological polar surface area (TPSA) is 75.8 Å². The quantitative estimate of drug-likeness (QED) is 0.888. The molecule has 0 radical (unpaired) electrons. The van der Waals surface area contributed by atoms with Crippen LogP contribution in [0.1, 0.15) is 19.8 Å². The van der Waals surface area contributed by atoms with Crippen LogP contribution in [-0.4, -0.2) is 41.7 Å². The van der Waals surface area contributed by atoms with Crippen LogP contribution in [0.2, 0.25) is 0 Å². The number of phenolic OH excluding ortho intramolecular Hbond substituents is 1. The second kappa shape index (κ2) is 8.10. The number of nitrogens with zero attached hydrogens (tertiary/aromatic N) is 1. The third-order valence-corrected chi connectivity index (χ3v) is 3.77. The van der Waals surface area contributed by atoms with Gasteiger partial charge in [0.1, 0.15) is 11.5 Å². The fourth-order valence-corrected chi connectivity index (χ4v) is 2.57. The molecule has 2 unspecified atom stereocenters. The van der Waals surface area contributed by atoms with Crippen LogP contribution >= 0.6 is 12.4 Å². The number of nitrogens with two attached hydrogens (primary N) is 1. The van der Waals surface area contributed by atoms with Crippen molar-refractivity contribution in [3.05, 3.63) is 24.3 Å². The number of aromatic hydroxyl groups is 1. The number of halogens is 1. The molecule has 0 bridgehead atoms. The third-order valence-electron chi connectivity index (χ3n) is 3.77. The maximum atomic E-state index is 12.2. The van der Waals surface area contributed by atoms with E-state index in [4.69, 9.17) is 10.5 Å². The number of phenols is 1. The Morgan fingerprint density at radius 1 is 1.43 bits per heavy atom. The van der Waals surface area contributed by atoms with E-state index in [0.717, 1.165) is 19.4 Å². The summed E-state index contributed by atoms with van der Waals surface area (Å²) in [6.07, 6.45) is 1.98. The second-order valence-electron chi connectivity index (χ2n) is 5.39. The summed E-state index contributed by atoms with van der Waals surface area (Å²) in [7, 11) is 0. The van der Waals surface area contributed by atoms with Crippen LogP contribution in [0.3, 0.4) is 0 Å². The van der Waals surface area contributed by atoms with Gasteiger partial charge in [-0.1, -0.05) is 6.92 Å². The predicted molar refractivity (Wildman–Crippen MR) is 83.8 cm³/mol. The number of carbonyl (C=O) groups excluding carboxylic acids is 1. The van der Waals surface area contributed by atoms with Gasteiger partial charge < -0.3 is 20.5 Å². The highest BCUT2D eigenvalue weighted by Crippen LogP contribution is 2.22. The molecular weight excluding hydrogens is 292 g/mol. The Bertz CT molecular complexity index is 453. The van der Waals surface area contributed by atoms with E-state index >= 15 is 0 Å². The van der Waals surface area contributed by atoms with E-state index in [1.807, 2.05) is 4.90 Å². The normalized spacial score (nSPS) is 21.5. The number of ether oxygens (including phenoxy) is 1. The number of rotatable bonds is 4. The van der Waals surface area contributed by atoms with Crippen molar-refractivity contribution < 1.29 is 14.6 Å². The van der Waals surface area contributed by atoms with E-state index in [-0.39, 0.29) is 36.7 Å². The van der Waals surface area contributed by atoms with E-state index in [0.29, 0.717) is 18.2 Å². The predicted octanol–water partition coefficient (Wildman–Crippen LogP) is 1.78. The van der Waals surface area contributed by atoms with Gasteiger partial charge in [-0.2, -0.15) is 0 Å². The first kappa shape index (κ1) is 17.6. The number of carbonyl (C=O) groups is 1. The SMILES string of the molecule is CC1CCN(C(=O)COc2ccc(O)cc2)C(CN)C1.Cl. The molecule has 1 amide bonds. The molecule has 2 rings (SSSR count). The van der Waals surface area contributed by atoms with Crippen molar-refractivity contribution >= 4 is 18.3 Å². The monoisotopic (exact) mass is 314 g/mol. The molecule has 0 saturated carbocycles. The van der Waals surface area contributed by atoms with E-state index in [2.05, 4.69) is 6.92 Å². The van der Waals surface area contributed by atoms with Gasteiger partial charge in [-0.05, 0) is 43.0 Å². The average molecular weight is 315 g/mol. The van der Waals surface area contributed by atoms with E-state index in [9.17, 15) is 9.90 Å². The first-order valence-corrected chi connectivity index (χ1v) is 7.01. The summed E-state index contributed by atoms with van der Waals surface area (Å²) >= 11 is 0. The summed E-state index contributed by atoms with van der Waals surface area (Å²) in [5.74, 6) is 1.34. The van der Waals surface area contributed by atoms with Gasteiger partial charge in [0, 0.05) is 19.1 Å². The summed E-state index contributed by atoms with van der Waals surface area (Å²) in [5, 5.41) is 9.18. The molecule has 2 atom stereocenters. The molecule has 0 spiro atoms. The van der Waals surface area contributed by atoms with Crippen molar-refractivity contribution in [1.82, 2.24) is 4.90 Å². The fourth-order valence-electron chi connectivity index (χ4n) is 2.57. The summed E-state index contributed by atoms with van der Waals surface area (Å²) in [4.78, 5) is 14.0. The van der Waals surface area contributed by atoms with Gasteiger partial charge in [0.25, 0.3) is 5.91 Å². The fraction of sp³-hybridized carbons (Fsp3) is 0.533. The van der Waals surface area contributed by atoms with Crippen molar-refractivity contribution in [1.29, 1.82) is 0 Å². The lowest BCUT2D eigenvalue weighted by Crippen LogP contribution is -2.50. The molecule has 1 aliphatic rings. The highest BCUT2D eigenvalue weighted by atomic mass is 35.5. The summed E-state index contributed by atoms with van der Waals surface area (Å²) in [6.45, 7) is 3.45. The lowest BCUT2D eigenvalue weighted by Gasteiger charge is -2.37. The zero-order valence-electron chi connectivity index (χ0n) is 12.2. The van der Waals surface area contributed by atoms with Gasteiger partial charge >= 0.3 is 0 Å². The van der Waals surface area contributed by atoms with Crippen LogP contribution in [0.5, 0.6) is 11.5 Å². The largest absolute Gasteiger partial charge is 0.508 e. The van der Waals surface area contributed by atoms with Crippen LogP contribution in [-0.2, 0) is 4.79 Å². The molecule has 5 nitrogen and oxygen atoms in total. The maximum absolute atomic E-state index is 12.2. The van der Waals surface area contributed by atoms with Crippen molar-refractivity contribution in [2.45, 2.75) is 25.8 Å². The standard InChI is InChI=1S/C15H22N2O3.ClH/c1-11-6-7-17(12(8-11)9-16)15(19)10-20-14-4-2-13(18)3-5-14;/h2-5,11-12,18H,6-10,16H2,1H3;1H. The van der Waals surface area contributed by atoms with Gasteiger partial charge in [0.2, 0.25) is 0 Å². The lowest BCUT2D eigenvalue weighted by molar-refractivity contribution is -0.137. The smallest absolute Gasteiger partial charge is 0.260 e. The molecule has 1 aromatic rings. The molecule has 0 aliphatic carbocycles. The summed E-state index contributed by atoms with van der Waals surface area (Å²) in [6, 6.07) is 6.47. The first-order valence-electron chi connectivity index (χ1n) is 7.01. The Hall–Kier alpha value is -1.46.